The van der Waals surface area contributed by atoms with Gasteiger partial charge < -0.3 is 4.42 Å². The molecule has 0 aliphatic rings. The van der Waals surface area contributed by atoms with Crippen molar-refractivity contribution in [3.05, 3.63) is 23.7 Å². The van der Waals surface area contributed by atoms with Crippen LogP contribution >= 0.6 is 0 Å². The molecule has 0 bridgehead atoms. The first-order chi connectivity index (χ1) is 6.82. The minimum absolute atomic E-state index is 0.00704. The maximum atomic E-state index is 11.8. The molecule has 0 aromatic carbocycles. The first-order valence-electron chi connectivity index (χ1n) is 3.99. The van der Waals surface area contributed by atoms with Gasteiger partial charge in [0.1, 0.15) is 5.76 Å². The fourth-order valence-corrected chi connectivity index (χ4v) is 1.02. The molecule has 3 nitrogen and oxygen atoms in total. The van der Waals surface area contributed by atoms with Crippen LogP contribution < -0.4 is 0 Å². The summed E-state index contributed by atoms with van der Waals surface area (Å²) >= 11 is 0. The van der Waals surface area contributed by atoms with E-state index in [9.17, 15) is 22.8 Å². The first kappa shape index (κ1) is 11.5. The van der Waals surface area contributed by atoms with Crippen LogP contribution in [0.4, 0.5) is 13.2 Å². The molecule has 15 heavy (non-hydrogen) atoms. The second-order valence-corrected chi connectivity index (χ2v) is 2.91. The number of hydrogen-bond acceptors (Lipinski definition) is 3. The van der Waals surface area contributed by atoms with Gasteiger partial charge in [0.15, 0.2) is 5.78 Å². The number of alkyl halides is 3. The van der Waals surface area contributed by atoms with Crippen molar-refractivity contribution in [2.24, 2.45) is 0 Å². The third kappa shape index (κ3) is 2.68. The van der Waals surface area contributed by atoms with Crippen molar-refractivity contribution in [2.45, 2.75) is 19.5 Å². The van der Waals surface area contributed by atoms with Crippen LogP contribution in [0.15, 0.2) is 16.7 Å². The summed E-state index contributed by atoms with van der Waals surface area (Å²) in [7, 11) is 0. The van der Waals surface area contributed by atoms with E-state index in [0.29, 0.717) is 0 Å². The van der Waals surface area contributed by atoms with Gasteiger partial charge in [-0.05, 0) is 13.0 Å². The third-order valence-corrected chi connectivity index (χ3v) is 1.80. The van der Waals surface area contributed by atoms with Crippen LogP contribution in [0.25, 0.3) is 0 Å². The van der Waals surface area contributed by atoms with E-state index in [2.05, 4.69) is 0 Å². The van der Waals surface area contributed by atoms with E-state index in [1.54, 1.807) is 0 Å². The highest BCUT2D eigenvalue weighted by Gasteiger charge is 2.39. The van der Waals surface area contributed by atoms with Gasteiger partial charge in [0, 0.05) is 0 Å². The molecule has 0 saturated carbocycles. The number of aryl methyl sites for hydroxylation is 1. The van der Waals surface area contributed by atoms with Crippen molar-refractivity contribution in [1.29, 1.82) is 0 Å². The zero-order valence-electron chi connectivity index (χ0n) is 7.72. The number of halogens is 3. The van der Waals surface area contributed by atoms with Crippen molar-refractivity contribution in [3.63, 3.8) is 0 Å². The highest BCUT2D eigenvalue weighted by molar-refractivity contribution is 6.09. The van der Waals surface area contributed by atoms with E-state index in [-0.39, 0.29) is 11.3 Å². The smallest absolute Gasteiger partial charge is 0.450 e. The van der Waals surface area contributed by atoms with E-state index in [1.807, 2.05) is 0 Å². The van der Waals surface area contributed by atoms with Crippen LogP contribution in [0, 0.1) is 6.92 Å². The number of furan rings is 1. The van der Waals surface area contributed by atoms with Gasteiger partial charge in [-0.2, -0.15) is 13.2 Å². The topological polar surface area (TPSA) is 47.3 Å². The molecule has 0 saturated heterocycles. The van der Waals surface area contributed by atoms with E-state index in [4.69, 9.17) is 4.42 Å². The molecule has 6 heteroatoms. The summed E-state index contributed by atoms with van der Waals surface area (Å²) in [6, 6.07) is 1.24. The Bertz CT molecular complexity index is 390. The Balaban J connectivity index is 2.74. The molecule has 0 aliphatic carbocycles. The van der Waals surface area contributed by atoms with E-state index in [1.165, 1.54) is 19.3 Å². The average Bonchev–Trinajstić information content (AvgIpc) is 2.49. The second kappa shape index (κ2) is 3.88. The normalized spacial score (nSPS) is 11.5. The summed E-state index contributed by atoms with van der Waals surface area (Å²) in [6.07, 6.45) is -4.96. The standard InChI is InChI=1S/C9H7F3O3/c1-5-6(2-3-15-5)7(13)4-8(14)9(10,11)12/h2-3H,4H2,1H3. The van der Waals surface area contributed by atoms with Crippen LogP contribution in [-0.4, -0.2) is 17.7 Å². The molecule has 0 unspecified atom stereocenters. The van der Waals surface area contributed by atoms with Crippen LogP contribution in [0.5, 0.6) is 0 Å². The molecule has 0 N–H and O–H groups in total. The summed E-state index contributed by atoms with van der Waals surface area (Å²) in [6.45, 7) is 1.44. The summed E-state index contributed by atoms with van der Waals surface area (Å²) < 4.78 is 40.2. The lowest BCUT2D eigenvalue weighted by molar-refractivity contribution is -0.170. The second-order valence-electron chi connectivity index (χ2n) is 2.91. The fourth-order valence-electron chi connectivity index (χ4n) is 1.02. The fraction of sp³-hybridized carbons (Fsp3) is 0.333. The maximum Gasteiger partial charge on any atom is 0.450 e. The Labute approximate surface area is 82.9 Å². The van der Waals surface area contributed by atoms with Crippen molar-refractivity contribution in [1.82, 2.24) is 0 Å². The Morgan fingerprint density at radius 1 is 1.40 bits per heavy atom. The first-order valence-corrected chi connectivity index (χ1v) is 3.99. The Morgan fingerprint density at radius 2 is 2.00 bits per heavy atom. The van der Waals surface area contributed by atoms with Gasteiger partial charge in [-0.1, -0.05) is 0 Å². The van der Waals surface area contributed by atoms with Gasteiger partial charge in [-0.15, -0.1) is 0 Å². The Kier molecular flexibility index (Phi) is 2.97. The minimum atomic E-state index is -4.96. The van der Waals surface area contributed by atoms with Crippen LogP contribution in [0.2, 0.25) is 0 Å². The summed E-state index contributed by atoms with van der Waals surface area (Å²) in [4.78, 5) is 21.7. The molecule has 1 aromatic rings. The molecule has 0 fully saturated rings. The van der Waals surface area contributed by atoms with Gasteiger partial charge in [0.25, 0.3) is 0 Å². The third-order valence-electron chi connectivity index (χ3n) is 1.80. The molecule has 0 amide bonds. The lowest BCUT2D eigenvalue weighted by Crippen LogP contribution is -2.25. The number of carbonyl (C=O) groups is 2. The number of carbonyl (C=O) groups excluding carboxylic acids is 2. The maximum absolute atomic E-state index is 11.8. The minimum Gasteiger partial charge on any atom is -0.469 e. The molecule has 1 heterocycles. The van der Waals surface area contributed by atoms with Crippen molar-refractivity contribution >= 4 is 11.6 Å². The van der Waals surface area contributed by atoms with Crippen LogP contribution in [0.1, 0.15) is 22.5 Å². The van der Waals surface area contributed by atoms with Gasteiger partial charge in [0.05, 0.1) is 18.2 Å². The highest BCUT2D eigenvalue weighted by atomic mass is 19.4. The van der Waals surface area contributed by atoms with Gasteiger partial charge in [-0.3, -0.25) is 9.59 Å². The number of Topliss-reactive ketones (excluding diaryl/α,β-unsaturated/α-hetero) is 2. The van der Waals surface area contributed by atoms with Gasteiger partial charge >= 0.3 is 6.18 Å². The number of hydrogen-bond donors (Lipinski definition) is 0. The lowest BCUT2D eigenvalue weighted by Gasteiger charge is -2.03. The molecule has 1 rings (SSSR count). The zero-order chi connectivity index (χ0) is 11.6. The van der Waals surface area contributed by atoms with Gasteiger partial charge in [0.2, 0.25) is 5.78 Å². The number of ketones is 2. The zero-order valence-corrected chi connectivity index (χ0v) is 7.72. The quantitative estimate of drug-likeness (QED) is 0.580. The van der Waals surface area contributed by atoms with Gasteiger partial charge in [-0.25, -0.2) is 0 Å². The largest absolute Gasteiger partial charge is 0.469 e. The highest BCUT2D eigenvalue weighted by Crippen LogP contribution is 2.20. The van der Waals surface area contributed by atoms with E-state index in [0.717, 1.165) is 0 Å². The predicted octanol–water partition coefficient (Wildman–Crippen LogP) is 2.29. The summed E-state index contributed by atoms with van der Waals surface area (Å²) in [5, 5.41) is 0. The summed E-state index contributed by atoms with van der Waals surface area (Å²) in [5.41, 5.74) is 0.00704. The molecule has 82 valence electrons. The molecular formula is C9H7F3O3. The molecule has 1 aromatic heterocycles. The Hall–Kier alpha value is -1.59. The predicted molar refractivity (Wildman–Crippen MR) is 43.5 cm³/mol. The van der Waals surface area contributed by atoms with Crippen LogP contribution in [0.3, 0.4) is 0 Å². The van der Waals surface area contributed by atoms with E-state index >= 15 is 0 Å². The molecule has 0 spiro atoms. The van der Waals surface area contributed by atoms with E-state index < -0.39 is 24.2 Å². The number of rotatable bonds is 3. The summed E-state index contributed by atoms with van der Waals surface area (Å²) in [5.74, 6) is -2.73. The average molecular weight is 220 g/mol. The van der Waals surface area contributed by atoms with Crippen LogP contribution in [-0.2, 0) is 4.79 Å². The molecule has 0 atom stereocenters. The van der Waals surface area contributed by atoms with Crippen molar-refractivity contribution in [3.8, 4) is 0 Å². The Morgan fingerprint density at radius 3 is 2.40 bits per heavy atom. The van der Waals surface area contributed by atoms with Crippen molar-refractivity contribution in [2.75, 3.05) is 0 Å². The lowest BCUT2D eigenvalue weighted by atomic mass is 10.1. The molecular weight excluding hydrogens is 213 g/mol. The SMILES string of the molecule is Cc1occc1C(=O)CC(=O)C(F)(F)F. The van der Waals surface area contributed by atoms with Crippen molar-refractivity contribution < 1.29 is 27.2 Å². The monoisotopic (exact) mass is 220 g/mol. The molecule has 0 aliphatic heterocycles. The molecule has 0 radical (unpaired) electrons.